The molecule has 1 aliphatic heterocycles. The molecule has 0 aliphatic carbocycles. The Kier molecular flexibility index (Phi) is 9.76. The summed E-state index contributed by atoms with van der Waals surface area (Å²) in [5.41, 5.74) is 1.95. The second-order valence-corrected chi connectivity index (χ2v) is 7.45. The summed E-state index contributed by atoms with van der Waals surface area (Å²) in [6.45, 7) is 4.43. The summed E-state index contributed by atoms with van der Waals surface area (Å²) in [6.07, 6.45) is 1.73. The van der Waals surface area contributed by atoms with Crippen LogP contribution >= 0.6 is 11.6 Å². The molecule has 0 saturated heterocycles. The van der Waals surface area contributed by atoms with Gasteiger partial charge in [0.25, 0.3) is 0 Å². The van der Waals surface area contributed by atoms with E-state index in [1.54, 1.807) is 7.11 Å². The first-order valence-electron chi connectivity index (χ1n) is 10.5. The number of ether oxygens (including phenoxy) is 4. The third kappa shape index (κ3) is 8.28. The van der Waals surface area contributed by atoms with Crippen molar-refractivity contribution in [2.75, 3.05) is 52.0 Å². The van der Waals surface area contributed by atoms with Gasteiger partial charge in [0.05, 0.1) is 33.0 Å². The van der Waals surface area contributed by atoms with Crippen LogP contribution in [-0.2, 0) is 16.0 Å². The largest absolute Gasteiger partial charge is 0.490 e. The SMILES string of the molecule is COCCOCCCNC(=NCc1ccc(Cl)cc1)Nc1ccc2c(c1)OCCCO2. The molecule has 8 heteroatoms. The minimum Gasteiger partial charge on any atom is -0.490 e. The first-order valence-corrected chi connectivity index (χ1v) is 10.9. The molecule has 0 aromatic heterocycles. The van der Waals surface area contributed by atoms with Crippen molar-refractivity contribution < 1.29 is 18.9 Å². The van der Waals surface area contributed by atoms with E-state index >= 15 is 0 Å². The number of nitrogens with one attached hydrogen (secondary N) is 2. The van der Waals surface area contributed by atoms with Crippen LogP contribution in [0.25, 0.3) is 0 Å². The first-order chi connectivity index (χ1) is 15.2. The van der Waals surface area contributed by atoms with Gasteiger partial charge < -0.3 is 29.6 Å². The van der Waals surface area contributed by atoms with E-state index < -0.39 is 0 Å². The van der Waals surface area contributed by atoms with Gasteiger partial charge >= 0.3 is 0 Å². The highest BCUT2D eigenvalue weighted by molar-refractivity contribution is 6.30. The number of hydrogen-bond donors (Lipinski definition) is 2. The third-order valence-electron chi connectivity index (χ3n) is 4.53. The van der Waals surface area contributed by atoms with E-state index in [0.29, 0.717) is 50.6 Å². The van der Waals surface area contributed by atoms with E-state index in [-0.39, 0.29) is 0 Å². The smallest absolute Gasteiger partial charge is 0.196 e. The van der Waals surface area contributed by atoms with Gasteiger partial charge in [0, 0.05) is 43.5 Å². The van der Waals surface area contributed by atoms with E-state index in [0.717, 1.165) is 42.1 Å². The minimum atomic E-state index is 0.529. The average molecular weight is 448 g/mol. The Balaban J connectivity index is 1.61. The second kappa shape index (κ2) is 13.0. The number of aliphatic imine (C=N–C) groups is 1. The normalized spacial score (nSPS) is 13.5. The Labute approximate surface area is 188 Å². The molecule has 168 valence electrons. The summed E-state index contributed by atoms with van der Waals surface area (Å²) in [5.74, 6) is 2.19. The second-order valence-electron chi connectivity index (χ2n) is 7.01. The maximum atomic E-state index is 5.98. The monoisotopic (exact) mass is 447 g/mol. The van der Waals surface area contributed by atoms with Crippen LogP contribution in [-0.4, -0.2) is 52.6 Å². The van der Waals surface area contributed by atoms with E-state index in [2.05, 4.69) is 10.6 Å². The van der Waals surface area contributed by atoms with Gasteiger partial charge in [-0.05, 0) is 36.2 Å². The zero-order chi connectivity index (χ0) is 21.7. The Morgan fingerprint density at radius 1 is 1.03 bits per heavy atom. The summed E-state index contributed by atoms with van der Waals surface area (Å²) in [7, 11) is 1.67. The van der Waals surface area contributed by atoms with Crippen molar-refractivity contribution in [3.05, 3.63) is 53.1 Å². The van der Waals surface area contributed by atoms with Crippen molar-refractivity contribution in [1.82, 2.24) is 5.32 Å². The lowest BCUT2D eigenvalue weighted by molar-refractivity contribution is 0.0699. The molecule has 0 unspecified atom stereocenters. The van der Waals surface area contributed by atoms with Crippen LogP contribution in [0.3, 0.4) is 0 Å². The highest BCUT2D eigenvalue weighted by Crippen LogP contribution is 2.32. The van der Waals surface area contributed by atoms with Crippen LogP contribution in [0.2, 0.25) is 5.02 Å². The van der Waals surface area contributed by atoms with Crippen molar-refractivity contribution in [1.29, 1.82) is 0 Å². The van der Waals surface area contributed by atoms with Crippen molar-refractivity contribution in [3.63, 3.8) is 0 Å². The van der Waals surface area contributed by atoms with Crippen molar-refractivity contribution in [2.24, 2.45) is 4.99 Å². The van der Waals surface area contributed by atoms with Crippen molar-refractivity contribution >= 4 is 23.2 Å². The number of benzene rings is 2. The van der Waals surface area contributed by atoms with Gasteiger partial charge in [0.2, 0.25) is 0 Å². The molecule has 2 aromatic rings. The van der Waals surface area contributed by atoms with Gasteiger partial charge in [-0.2, -0.15) is 0 Å². The van der Waals surface area contributed by atoms with Gasteiger partial charge in [0.15, 0.2) is 17.5 Å². The first kappa shape index (κ1) is 23.2. The van der Waals surface area contributed by atoms with Crippen LogP contribution in [0, 0.1) is 0 Å². The topological polar surface area (TPSA) is 73.3 Å². The number of anilines is 1. The van der Waals surface area contributed by atoms with E-state index in [1.165, 1.54) is 0 Å². The Bertz CT molecular complexity index is 830. The van der Waals surface area contributed by atoms with Crippen LogP contribution in [0.15, 0.2) is 47.5 Å². The molecular formula is C23H30ClN3O4. The zero-order valence-electron chi connectivity index (χ0n) is 17.9. The molecule has 0 atom stereocenters. The van der Waals surface area contributed by atoms with Gasteiger partial charge in [-0.25, -0.2) is 4.99 Å². The lowest BCUT2D eigenvalue weighted by Gasteiger charge is -2.15. The Morgan fingerprint density at radius 3 is 2.65 bits per heavy atom. The summed E-state index contributed by atoms with van der Waals surface area (Å²) >= 11 is 5.98. The highest BCUT2D eigenvalue weighted by atomic mass is 35.5. The van der Waals surface area contributed by atoms with Crippen LogP contribution in [0.5, 0.6) is 11.5 Å². The summed E-state index contributed by atoms with van der Waals surface area (Å²) in [5, 5.41) is 7.43. The number of fused-ring (bicyclic) bond motifs is 1. The van der Waals surface area contributed by atoms with Crippen molar-refractivity contribution in [3.8, 4) is 11.5 Å². The molecule has 0 radical (unpaired) electrons. The van der Waals surface area contributed by atoms with Crippen LogP contribution < -0.4 is 20.1 Å². The number of hydrogen-bond acceptors (Lipinski definition) is 5. The molecule has 1 aliphatic rings. The summed E-state index contributed by atoms with van der Waals surface area (Å²) in [6, 6.07) is 13.5. The molecule has 0 fully saturated rings. The van der Waals surface area contributed by atoms with Gasteiger partial charge in [0.1, 0.15) is 0 Å². The van der Waals surface area contributed by atoms with Gasteiger partial charge in [-0.1, -0.05) is 23.7 Å². The predicted molar refractivity (Wildman–Crippen MR) is 124 cm³/mol. The quantitative estimate of drug-likeness (QED) is 0.324. The third-order valence-corrected chi connectivity index (χ3v) is 4.78. The molecule has 0 saturated carbocycles. The fourth-order valence-electron chi connectivity index (χ4n) is 2.90. The van der Waals surface area contributed by atoms with Gasteiger partial charge in [-0.3, -0.25) is 0 Å². The molecule has 0 bridgehead atoms. The maximum Gasteiger partial charge on any atom is 0.196 e. The van der Waals surface area contributed by atoms with Crippen LogP contribution in [0.4, 0.5) is 5.69 Å². The molecule has 2 aromatic carbocycles. The molecule has 7 nitrogen and oxygen atoms in total. The number of halogens is 1. The maximum absolute atomic E-state index is 5.98. The summed E-state index contributed by atoms with van der Waals surface area (Å²) < 4.78 is 22.0. The van der Waals surface area contributed by atoms with Crippen molar-refractivity contribution in [2.45, 2.75) is 19.4 Å². The number of guanidine groups is 1. The highest BCUT2D eigenvalue weighted by Gasteiger charge is 2.11. The lowest BCUT2D eigenvalue weighted by Crippen LogP contribution is -2.32. The fraction of sp³-hybridized carbons (Fsp3) is 0.435. The van der Waals surface area contributed by atoms with Crippen LogP contribution in [0.1, 0.15) is 18.4 Å². The van der Waals surface area contributed by atoms with E-state index in [9.17, 15) is 0 Å². The van der Waals surface area contributed by atoms with Gasteiger partial charge in [-0.15, -0.1) is 0 Å². The molecule has 0 amide bonds. The fourth-order valence-corrected chi connectivity index (χ4v) is 3.03. The summed E-state index contributed by atoms with van der Waals surface area (Å²) in [4.78, 5) is 4.72. The number of nitrogens with zero attached hydrogens (tertiary/aromatic N) is 1. The minimum absolute atomic E-state index is 0.529. The molecule has 31 heavy (non-hydrogen) atoms. The Morgan fingerprint density at radius 2 is 1.84 bits per heavy atom. The molecule has 3 rings (SSSR count). The molecule has 0 spiro atoms. The molecule has 1 heterocycles. The Hall–Kier alpha value is -2.48. The number of methoxy groups -OCH3 is 1. The number of rotatable bonds is 10. The van der Waals surface area contributed by atoms with E-state index in [1.807, 2.05) is 42.5 Å². The lowest BCUT2D eigenvalue weighted by atomic mass is 10.2. The van der Waals surface area contributed by atoms with E-state index in [4.69, 9.17) is 35.5 Å². The molecule has 2 N–H and O–H groups in total. The molecular weight excluding hydrogens is 418 g/mol. The zero-order valence-corrected chi connectivity index (χ0v) is 18.6. The average Bonchev–Trinajstić information content (AvgIpc) is 3.03. The predicted octanol–water partition coefficient (Wildman–Crippen LogP) is 4.11. The standard InChI is InChI=1S/C23H30ClN3O4/c1-28-14-15-29-11-2-10-25-23(26-17-18-4-6-19(24)7-5-18)27-20-8-9-21-22(16-20)31-13-3-12-30-21/h4-9,16H,2-3,10-15,17H2,1H3,(H2,25,26,27).